The lowest BCUT2D eigenvalue weighted by Crippen LogP contribution is -2.44. The number of aromatic amines is 1. The first-order valence-corrected chi connectivity index (χ1v) is 10.6. The lowest BCUT2D eigenvalue weighted by atomic mass is 9.95. The topological polar surface area (TPSA) is 88.2 Å². The van der Waals surface area contributed by atoms with Gasteiger partial charge >= 0.3 is 0 Å². The van der Waals surface area contributed by atoms with Crippen LogP contribution in [0.15, 0.2) is 46.7 Å². The molecule has 0 unspecified atom stereocenters. The molecule has 0 spiro atoms. The molecule has 0 bridgehead atoms. The van der Waals surface area contributed by atoms with Crippen LogP contribution in [0.2, 0.25) is 0 Å². The fourth-order valence-corrected chi connectivity index (χ4v) is 4.14. The molecule has 7 nitrogen and oxygen atoms in total. The van der Waals surface area contributed by atoms with E-state index < -0.39 is 11.9 Å². The highest BCUT2D eigenvalue weighted by atomic mass is 32.1. The number of carbonyl (C=O) groups is 1. The van der Waals surface area contributed by atoms with Gasteiger partial charge in [0.2, 0.25) is 0 Å². The minimum absolute atomic E-state index is 0.0458. The zero-order valence-electron chi connectivity index (χ0n) is 16.4. The van der Waals surface area contributed by atoms with E-state index in [1.165, 1.54) is 29.5 Å². The lowest BCUT2D eigenvalue weighted by Gasteiger charge is -2.33. The first-order valence-electron chi connectivity index (χ1n) is 9.72. The Balaban J connectivity index is 1.40. The number of H-pyrrole nitrogens is 1. The molecule has 1 saturated heterocycles. The molecule has 0 radical (unpaired) electrons. The molecule has 1 aliphatic heterocycles. The molecule has 1 fully saturated rings. The van der Waals surface area contributed by atoms with Gasteiger partial charge in [0.15, 0.2) is 17.7 Å². The van der Waals surface area contributed by atoms with Gasteiger partial charge in [-0.05, 0) is 31.9 Å². The van der Waals surface area contributed by atoms with Crippen molar-refractivity contribution in [3.05, 3.63) is 63.9 Å². The largest absolute Gasteiger partial charge is 0.478 e. The van der Waals surface area contributed by atoms with E-state index in [9.17, 15) is 14.0 Å². The number of halogens is 1. The number of hydrogen-bond donors (Lipinski definition) is 1. The number of ether oxygens (including phenoxy) is 1. The maximum absolute atomic E-state index is 13.8. The van der Waals surface area contributed by atoms with Crippen LogP contribution in [0.1, 0.15) is 31.5 Å². The van der Waals surface area contributed by atoms with Gasteiger partial charge in [0, 0.05) is 36.7 Å². The minimum atomic E-state index is -0.787. The van der Waals surface area contributed by atoms with Gasteiger partial charge in [0.05, 0.1) is 0 Å². The Kier molecular flexibility index (Phi) is 5.89. The second-order valence-corrected chi connectivity index (χ2v) is 8.04. The van der Waals surface area contributed by atoms with Crippen LogP contribution < -0.4 is 10.3 Å². The SMILES string of the molecule is C[C@H](Oc1ccccc1F)C(=O)N1CCC(c2nc(-c3nccs3)cc(=O)[nH]2)CC1. The molecule has 1 aromatic carbocycles. The molecule has 0 aliphatic carbocycles. The third kappa shape index (κ3) is 4.40. The second kappa shape index (κ2) is 8.74. The number of para-hydroxylation sites is 1. The number of aromatic nitrogens is 3. The van der Waals surface area contributed by atoms with Crippen molar-refractivity contribution in [3.63, 3.8) is 0 Å². The number of piperidine rings is 1. The molecular formula is C21H21FN4O3S. The van der Waals surface area contributed by atoms with E-state index in [2.05, 4.69) is 15.0 Å². The maximum Gasteiger partial charge on any atom is 0.263 e. The summed E-state index contributed by atoms with van der Waals surface area (Å²) in [5.74, 6) is 0.0506. The summed E-state index contributed by atoms with van der Waals surface area (Å²) >= 11 is 1.43. The summed E-state index contributed by atoms with van der Waals surface area (Å²) < 4.78 is 19.3. The molecule has 0 saturated carbocycles. The van der Waals surface area contributed by atoms with E-state index in [1.54, 1.807) is 30.2 Å². The van der Waals surface area contributed by atoms with Crippen molar-refractivity contribution in [2.45, 2.75) is 31.8 Å². The van der Waals surface area contributed by atoms with Crippen molar-refractivity contribution in [2.75, 3.05) is 13.1 Å². The zero-order valence-corrected chi connectivity index (χ0v) is 17.2. The molecule has 1 aliphatic rings. The van der Waals surface area contributed by atoms with Gasteiger partial charge < -0.3 is 14.6 Å². The van der Waals surface area contributed by atoms with Crippen LogP contribution in [-0.4, -0.2) is 45.0 Å². The van der Waals surface area contributed by atoms with Gasteiger partial charge in [0.1, 0.15) is 16.5 Å². The highest BCUT2D eigenvalue weighted by Crippen LogP contribution is 2.28. The van der Waals surface area contributed by atoms with Crippen LogP contribution in [0, 0.1) is 5.82 Å². The molecule has 1 amide bonds. The molecule has 3 heterocycles. The van der Waals surface area contributed by atoms with Gasteiger partial charge in [-0.15, -0.1) is 11.3 Å². The fraction of sp³-hybridized carbons (Fsp3) is 0.333. The summed E-state index contributed by atoms with van der Waals surface area (Å²) in [4.78, 5) is 38.2. The Morgan fingerprint density at radius 3 is 2.80 bits per heavy atom. The molecule has 9 heteroatoms. The van der Waals surface area contributed by atoms with Gasteiger partial charge in [0.25, 0.3) is 11.5 Å². The predicted molar refractivity (Wildman–Crippen MR) is 111 cm³/mol. The number of thiazole rings is 1. The highest BCUT2D eigenvalue weighted by molar-refractivity contribution is 7.13. The van der Waals surface area contributed by atoms with Gasteiger partial charge in [-0.2, -0.15) is 0 Å². The number of rotatable bonds is 5. The van der Waals surface area contributed by atoms with Crippen LogP contribution in [0.4, 0.5) is 4.39 Å². The molecule has 156 valence electrons. The van der Waals surface area contributed by atoms with Crippen molar-refractivity contribution < 1.29 is 13.9 Å². The van der Waals surface area contributed by atoms with E-state index in [0.717, 1.165) is 0 Å². The average molecular weight is 428 g/mol. The summed E-state index contributed by atoms with van der Waals surface area (Å²) in [6, 6.07) is 7.48. The molecule has 3 aromatic rings. The van der Waals surface area contributed by atoms with Gasteiger partial charge in [-0.25, -0.2) is 14.4 Å². The Morgan fingerprint density at radius 2 is 2.10 bits per heavy atom. The molecule has 30 heavy (non-hydrogen) atoms. The Hall–Kier alpha value is -3.07. The summed E-state index contributed by atoms with van der Waals surface area (Å²) in [7, 11) is 0. The fourth-order valence-electron chi connectivity index (χ4n) is 3.54. The van der Waals surface area contributed by atoms with E-state index in [4.69, 9.17) is 4.74 Å². The lowest BCUT2D eigenvalue weighted by molar-refractivity contribution is -0.139. The van der Waals surface area contributed by atoms with Crippen molar-refractivity contribution in [1.29, 1.82) is 0 Å². The van der Waals surface area contributed by atoms with Crippen LogP contribution in [0.25, 0.3) is 10.7 Å². The summed E-state index contributed by atoms with van der Waals surface area (Å²) in [5, 5.41) is 2.54. The van der Waals surface area contributed by atoms with E-state index in [1.807, 2.05) is 5.38 Å². The predicted octanol–water partition coefficient (Wildman–Crippen LogP) is 3.21. The number of nitrogens with zero attached hydrogens (tertiary/aromatic N) is 3. The molecular weight excluding hydrogens is 407 g/mol. The Morgan fingerprint density at radius 1 is 1.33 bits per heavy atom. The highest BCUT2D eigenvalue weighted by Gasteiger charge is 2.29. The molecule has 4 rings (SSSR count). The van der Waals surface area contributed by atoms with E-state index in [-0.39, 0.29) is 23.1 Å². The first kappa shape index (κ1) is 20.2. The normalized spacial score (nSPS) is 15.7. The van der Waals surface area contributed by atoms with Crippen molar-refractivity contribution in [1.82, 2.24) is 19.9 Å². The van der Waals surface area contributed by atoms with Gasteiger partial charge in [-0.3, -0.25) is 9.59 Å². The smallest absolute Gasteiger partial charge is 0.263 e. The second-order valence-electron chi connectivity index (χ2n) is 7.14. The van der Waals surface area contributed by atoms with Crippen LogP contribution in [0.5, 0.6) is 5.75 Å². The van der Waals surface area contributed by atoms with E-state index in [0.29, 0.717) is 42.5 Å². The average Bonchev–Trinajstić information content (AvgIpc) is 3.29. The van der Waals surface area contributed by atoms with Crippen LogP contribution in [0.3, 0.4) is 0 Å². The summed E-state index contributed by atoms with van der Waals surface area (Å²) in [6.07, 6.45) is 2.23. The number of carbonyl (C=O) groups excluding carboxylic acids is 1. The minimum Gasteiger partial charge on any atom is -0.478 e. The van der Waals surface area contributed by atoms with E-state index >= 15 is 0 Å². The molecule has 1 N–H and O–H groups in total. The third-order valence-corrected chi connectivity index (χ3v) is 5.89. The van der Waals surface area contributed by atoms with Crippen molar-refractivity contribution >= 4 is 17.2 Å². The number of hydrogen-bond acceptors (Lipinski definition) is 6. The number of benzene rings is 1. The number of nitrogens with one attached hydrogen (secondary N) is 1. The molecule has 1 atom stereocenters. The maximum atomic E-state index is 13.8. The van der Waals surface area contributed by atoms with Crippen LogP contribution >= 0.6 is 11.3 Å². The van der Waals surface area contributed by atoms with Crippen molar-refractivity contribution in [3.8, 4) is 16.5 Å². The van der Waals surface area contributed by atoms with Gasteiger partial charge in [-0.1, -0.05) is 12.1 Å². The first-order chi connectivity index (χ1) is 14.5. The standard InChI is InChI=1S/C21H21FN4O3S/c1-13(29-17-5-3-2-4-15(17)22)21(28)26-9-6-14(7-10-26)19-24-16(12-18(27)25-19)20-23-8-11-30-20/h2-5,8,11-14H,6-7,9-10H2,1H3,(H,24,25,27)/t13-/m0/s1. The number of likely N-dealkylation sites (tertiary alicyclic amines) is 1. The Labute approximate surface area is 176 Å². The third-order valence-electron chi connectivity index (χ3n) is 5.09. The monoisotopic (exact) mass is 428 g/mol. The van der Waals surface area contributed by atoms with Crippen molar-refractivity contribution in [2.24, 2.45) is 0 Å². The summed E-state index contributed by atoms with van der Waals surface area (Å²) in [6.45, 7) is 2.65. The van der Waals surface area contributed by atoms with Crippen LogP contribution in [-0.2, 0) is 4.79 Å². The Bertz CT molecular complexity index is 1080. The summed E-state index contributed by atoms with van der Waals surface area (Å²) in [5.41, 5.74) is 0.352. The zero-order chi connectivity index (χ0) is 21.1. The quantitative estimate of drug-likeness (QED) is 0.674. The number of amides is 1. The molecule has 2 aromatic heterocycles.